The summed E-state index contributed by atoms with van der Waals surface area (Å²) in [6.45, 7) is 6.11. The molecule has 1 heterocycles. The summed E-state index contributed by atoms with van der Waals surface area (Å²) in [7, 11) is 0. The molecule has 1 aromatic rings. The Morgan fingerprint density at radius 2 is 1.86 bits per heavy atom. The highest BCUT2D eigenvalue weighted by atomic mass is 19.4. The summed E-state index contributed by atoms with van der Waals surface area (Å²) in [5.74, 6) is 0.505. The van der Waals surface area contributed by atoms with Gasteiger partial charge in [0, 0.05) is 19.2 Å². The summed E-state index contributed by atoms with van der Waals surface area (Å²) in [6, 6.07) is 1.85. The molecule has 1 unspecified atom stereocenters. The van der Waals surface area contributed by atoms with Crippen molar-refractivity contribution in [1.82, 2.24) is 4.98 Å². The number of anilines is 2. The first-order chi connectivity index (χ1) is 9.77. The Labute approximate surface area is 122 Å². The van der Waals surface area contributed by atoms with E-state index in [-0.39, 0.29) is 30.2 Å². The Bertz CT molecular complexity index is 450. The third-order valence-electron chi connectivity index (χ3n) is 3.09. The third-order valence-corrected chi connectivity index (χ3v) is 3.09. The fourth-order valence-electron chi connectivity index (χ4n) is 1.94. The quantitative estimate of drug-likeness (QED) is 0.723. The molecular formula is C14H22F3N3O. The maximum atomic E-state index is 12.9. The Morgan fingerprint density at radius 3 is 2.33 bits per heavy atom. The van der Waals surface area contributed by atoms with Crippen molar-refractivity contribution in [2.75, 3.05) is 23.8 Å². The van der Waals surface area contributed by atoms with Crippen LogP contribution in [0, 0.1) is 5.92 Å². The number of aliphatic hydroxyl groups is 1. The van der Waals surface area contributed by atoms with E-state index >= 15 is 0 Å². The number of hydrogen-bond donors (Lipinski definition) is 3. The first-order valence-corrected chi connectivity index (χ1v) is 6.98. The summed E-state index contributed by atoms with van der Waals surface area (Å²) in [5.41, 5.74) is -0.748. The molecule has 1 atom stereocenters. The number of pyridine rings is 1. The maximum Gasteiger partial charge on any atom is 0.416 e. The molecule has 0 spiro atoms. The molecular weight excluding hydrogens is 283 g/mol. The van der Waals surface area contributed by atoms with E-state index in [1.165, 1.54) is 0 Å². The monoisotopic (exact) mass is 305 g/mol. The first kappa shape index (κ1) is 17.6. The molecule has 120 valence electrons. The Balaban J connectivity index is 3.07. The number of aromatic nitrogens is 1. The first-order valence-electron chi connectivity index (χ1n) is 6.98. The van der Waals surface area contributed by atoms with E-state index in [9.17, 15) is 13.2 Å². The lowest BCUT2D eigenvalue weighted by molar-refractivity contribution is -0.137. The van der Waals surface area contributed by atoms with Crippen LogP contribution in [0.1, 0.15) is 32.8 Å². The average Bonchev–Trinajstić information content (AvgIpc) is 2.37. The zero-order chi connectivity index (χ0) is 16.0. The summed E-state index contributed by atoms with van der Waals surface area (Å²) >= 11 is 0. The zero-order valence-electron chi connectivity index (χ0n) is 12.5. The highest BCUT2D eigenvalue weighted by Crippen LogP contribution is 2.32. The van der Waals surface area contributed by atoms with Gasteiger partial charge in [-0.15, -0.1) is 0 Å². The van der Waals surface area contributed by atoms with Crippen LogP contribution in [0.3, 0.4) is 0 Å². The highest BCUT2D eigenvalue weighted by molar-refractivity contribution is 5.50. The molecule has 0 bridgehead atoms. The van der Waals surface area contributed by atoms with Gasteiger partial charge in [-0.2, -0.15) is 13.2 Å². The van der Waals surface area contributed by atoms with Crippen molar-refractivity contribution in [3.8, 4) is 0 Å². The Morgan fingerprint density at radius 1 is 1.24 bits per heavy atom. The van der Waals surface area contributed by atoms with Gasteiger partial charge in [0.1, 0.15) is 11.6 Å². The zero-order valence-corrected chi connectivity index (χ0v) is 12.5. The van der Waals surface area contributed by atoms with Gasteiger partial charge in [0.15, 0.2) is 0 Å². The maximum absolute atomic E-state index is 12.9. The van der Waals surface area contributed by atoms with E-state index in [1.54, 1.807) is 6.92 Å². The van der Waals surface area contributed by atoms with Crippen LogP contribution in [0.25, 0.3) is 0 Å². The van der Waals surface area contributed by atoms with Gasteiger partial charge in [-0.05, 0) is 31.4 Å². The second-order valence-electron chi connectivity index (χ2n) is 5.16. The lowest BCUT2D eigenvalue weighted by atomic mass is 10.0. The summed E-state index contributed by atoms with van der Waals surface area (Å²) in [5, 5.41) is 14.8. The molecule has 0 amide bonds. The van der Waals surface area contributed by atoms with Crippen LogP contribution in [-0.2, 0) is 6.18 Å². The molecule has 0 fully saturated rings. The van der Waals surface area contributed by atoms with Crippen LogP contribution in [0.5, 0.6) is 0 Å². The molecule has 0 radical (unpaired) electrons. The molecule has 0 saturated carbocycles. The van der Waals surface area contributed by atoms with Crippen molar-refractivity contribution in [3.63, 3.8) is 0 Å². The number of nitrogens with one attached hydrogen (secondary N) is 2. The molecule has 1 rings (SSSR count). The fraction of sp³-hybridized carbons (Fsp3) is 0.643. The number of alkyl halides is 3. The van der Waals surface area contributed by atoms with Gasteiger partial charge in [0.25, 0.3) is 0 Å². The molecule has 0 aliphatic heterocycles. The van der Waals surface area contributed by atoms with E-state index in [0.29, 0.717) is 13.0 Å². The van der Waals surface area contributed by atoms with Crippen LogP contribution in [-0.4, -0.2) is 29.3 Å². The number of aliphatic hydroxyl groups excluding tert-OH is 1. The largest absolute Gasteiger partial charge is 0.416 e. The number of rotatable bonds is 7. The van der Waals surface area contributed by atoms with Gasteiger partial charge in [-0.1, -0.05) is 13.8 Å². The lowest BCUT2D eigenvalue weighted by Crippen LogP contribution is -2.27. The summed E-state index contributed by atoms with van der Waals surface area (Å²) in [6.07, 6.45) is -3.97. The number of halogens is 3. The van der Waals surface area contributed by atoms with E-state index in [4.69, 9.17) is 5.11 Å². The number of hydrogen-bond acceptors (Lipinski definition) is 4. The minimum absolute atomic E-state index is 0.0329. The van der Waals surface area contributed by atoms with Crippen LogP contribution in [0.15, 0.2) is 12.1 Å². The minimum atomic E-state index is -4.42. The van der Waals surface area contributed by atoms with Gasteiger partial charge in [0.05, 0.1) is 5.56 Å². The minimum Gasteiger partial charge on any atom is -0.396 e. The molecule has 4 nitrogen and oxygen atoms in total. The second kappa shape index (κ2) is 7.49. The molecule has 3 N–H and O–H groups in total. The van der Waals surface area contributed by atoms with E-state index < -0.39 is 11.7 Å². The predicted molar refractivity (Wildman–Crippen MR) is 77.4 cm³/mol. The number of nitrogens with zero attached hydrogens (tertiary/aromatic N) is 1. The normalized spacial score (nSPS) is 13.3. The topological polar surface area (TPSA) is 57.2 Å². The predicted octanol–water partition coefficient (Wildman–Crippen LogP) is 3.35. The fourth-order valence-corrected chi connectivity index (χ4v) is 1.94. The Hall–Kier alpha value is -1.50. The van der Waals surface area contributed by atoms with Gasteiger partial charge < -0.3 is 15.7 Å². The molecule has 0 aromatic carbocycles. The van der Waals surface area contributed by atoms with E-state index in [1.807, 2.05) is 13.8 Å². The molecule has 0 aliphatic carbocycles. The van der Waals surface area contributed by atoms with Gasteiger partial charge in [0.2, 0.25) is 0 Å². The third kappa shape index (κ3) is 5.41. The van der Waals surface area contributed by atoms with Crippen molar-refractivity contribution >= 4 is 11.6 Å². The lowest BCUT2D eigenvalue weighted by Gasteiger charge is -2.23. The highest BCUT2D eigenvalue weighted by Gasteiger charge is 2.32. The molecule has 1 aromatic heterocycles. The summed E-state index contributed by atoms with van der Waals surface area (Å²) in [4.78, 5) is 4.14. The van der Waals surface area contributed by atoms with Crippen molar-refractivity contribution in [2.45, 2.75) is 39.4 Å². The van der Waals surface area contributed by atoms with Crippen molar-refractivity contribution < 1.29 is 18.3 Å². The van der Waals surface area contributed by atoms with Crippen molar-refractivity contribution in [2.24, 2.45) is 5.92 Å². The van der Waals surface area contributed by atoms with Crippen molar-refractivity contribution in [3.05, 3.63) is 17.7 Å². The average molecular weight is 305 g/mol. The van der Waals surface area contributed by atoms with Crippen LogP contribution >= 0.6 is 0 Å². The van der Waals surface area contributed by atoms with Gasteiger partial charge in [-0.3, -0.25) is 0 Å². The SMILES string of the molecule is CCNc1cc(C(F)(F)F)cc(NC(CCO)C(C)C)n1. The molecule has 0 aliphatic rings. The molecule has 0 saturated heterocycles. The smallest absolute Gasteiger partial charge is 0.396 e. The molecule has 7 heteroatoms. The van der Waals surface area contributed by atoms with Gasteiger partial charge >= 0.3 is 6.18 Å². The van der Waals surface area contributed by atoms with Crippen molar-refractivity contribution in [1.29, 1.82) is 0 Å². The standard InChI is InChI=1S/C14H22F3N3O/c1-4-18-12-7-10(14(15,16)17)8-13(20-12)19-11(5-6-21)9(2)3/h7-9,11,21H,4-6H2,1-3H3,(H2,18,19,20). The van der Waals surface area contributed by atoms with Gasteiger partial charge in [-0.25, -0.2) is 4.98 Å². The second-order valence-corrected chi connectivity index (χ2v) is 5.16. The Kier molecular flexibility index (Phi) is 6.26. The summed E-state index contributed by atoms with van der Waals surface area (Å²) < 4.78 is 38.7. The van der Waals surface area contributed by atoms with Crippen LogP contribution in [0.2, 0.25) is 0 Å². The van der Waals surface area contributed by atoms with E-state index in [2.05, 4.69) is 15.6 Å². The molecule has 21 heavy (non-hydrogen) atoms. The van der Waals surface area contributed by atoms with Crippen LogP contribution < -0.4 is 10.6 Å². The van der Waals surface area contributed by atoms with Crippen LogP contribution in [0.4, 0.5) is 24.8 Å². The van der Waals surface area contributed by atoms with E-state index in [0.717, 1.165) is 12.1 Å².